The highest BCUT2D eigenvalue weighted by Crippen LogP contribution is 2.34. The molecular formula is C16H25NO3. The number of aliphatic hydroxyl groups is 1. The second-order valence-corrected chi connectivity index (χ2v) is 5.29. The largest absolute Gasteiger partial charge is 0.497 e. The molecule has 2 N–H and O–H groups in total. The van der Waals surface area contributed by atoms with Crippen LogP contribution in [0.15, 0.2) is 18.2 Å². The number of methoxy groups -OCH3 is 1. The van der Waals surface area contributed by atoms with Crippen LogP contribution in [0.1, 0.15) is 37.8 Å². The summed E-state index contributed by atoms with van der Waals surface area (Å²) in [5.41, 5.74) is 1.18. The smallest absolute Gasteiger partial charge is 0.124 e. The van der Waals surface area contributed by atoms with Crippen LogP contribution in [0.25, 0.3) is 0 Å². The third-order valence-corrected chi connectivity index (χ3v) is 4.02. The van der Waals surface area contributed by atoms with Crippen LogP contribution in [-0.2, 0) is 0 Å². The third kappa shape index (κ3) is 3.64. The minimum absolute atomic E-state index is 0.262. The first-order valence-electron chi connectivity index (χ1n) is 7.43. The Hall–Kier alpha value is -1.26. The van der Waals surface area contributed by atoms with Gasteiger partial charge in [0, 0.05) is 24.6 Å². The molecule has 1 aliphatic heterocycles. The van der Waals surface area contributed by atoms with Gasteiger partial charge in [-0.2, -0.15) is 0 Å². The van der Waals surface area contributed by atoms with E-state index in [1.165, 1.54) is 5.56 Å². The Labute approximate surface area is 121 Å². The molecule has 2 unspecified atom stereocenters. The lowest BCUT2D eigenvalue weighted by Gasteiger charge is -2.28. The Morgan fingerprint density at radius 2 is 2.35 bits per heavy atom. The minimum atomic E-state index is 0.262. The quantitative estimate of drug-likeness (QED) is 0.805. The van der Waals surface area contributed by atoms with Crippen molar-refractivity contribution in [1.29, 1.82) is 0 Å². The molecular weight excluding hydrogens is 254 g/mol. The molecule has 4 heteroatoms. The normalized spacial score (nSPS) is 19.1. The van der Waals surface area contributed by atoms with Crippen LogP contribution in [0.2, 0.25) is 0 Å². The Morgan fingerprint density at radius 1 is 1.50 bits per heavy atom. The van der Waals surface area contributed by atoms with Gasteiger partial charge < -0.3 is 19.9 Å². The number of benzene rings is 1. The molecule has 0 bridgehead atoms. The molecule has 0 aliphatic carbocycles. The van der Waals surface area contributed by atoms with Gasteiger partial charge in [0.05, 0.1) is 13.7 Å². The first-order chi connectivity index (χ1) is 9.78. The van der Waals surface area contributed by atoms with Crippen LogP contribution in [0.3, 0.4) is 0 Å². The van der Waals surface area contributed by atoms with Gasteiger partial charge in [0.25, 0.3) is 0 Å². The van der Waals surface area contributed by atoms with Crippen LogP contribution >= 0.6 is 0 Å². The van der Waals surface area contributed by atoms with E-state index < -0.39 is 0 Å². The highest BCUT2D eigenvalue weighted by Gasteiger charge is 2.22. The lowest BCUT2D eigenvalue weighted by molar-refractivity contribution is 0.229. The van der Waals surface area contributed by atoms with Crippen molar-refractivity contribution in [2.75, 3.05) is 26.9 Å². The maximum Gasteiger partial charge on any atom is 0.124 e. The van der Waals surface area contributed by atoms with Gasteiger partial charge in [0.2, 0.25) is 0 Å². The summed E-state index contributed by atoms with van der Waals surface area (Å²) < 4.78 is 11.0. The molecule has 1 aromatic rings. The summed E-state index contributed by atoms with van der Waals surface area (Å²) in [7, 11) is 1.68. The van der Waals surface area contributed by atoms with Crippen molar-refractivity contribution in [1.82, 2.24) is 5.32 Å². The standard InChI is InChI=1S/C16H25NO3/c1-3-12(6-8-18)11-17-15-7-9-20-16-5-4-13(19-2)10-14(15)16/h4-5,10,12,15,17-18H,3,6-9,11H2,1-2H3. The van der Waals surface area contributed by atoms with Crippen LogP contribution in [0.5, 0.6) is 11.5 Å². The highest BCUT2D eigenvalue weighted by molar-refractivity contribution is 5.43. The molecule has 1 aliphatic rings. The Kier molecular flexibility index (Phi) is 5.68. The van der Waals surface area contributed by atoms with Crippen molar-refractivity contribution in [3.63, 3.8) is 0 Å². The van der Waals surface area contributed by atoms with Gasteiger partial charge in [0.1, 0.15) is 11.5 Å². The van der Waals surface area contributed by atoms with E-state index >= 15 is 0 Å². The molecule has 0 aromatic heterocycles. The number of nitrogens with one attached hydrogen (secondary N) is 1. The average molecular weight is 279 g/mol. The molecule has 1 heterocycles. The molecule has 0 saturated heterocycles. The predicted octanol–water partition coefficient (Wildman–Crippen LogP) is 2.52. The maximum absolute atomic E-state index is 9.07. The third-order valence-electron chi connectivity index (χ3n) is 4.02. The van der Waals surface area contributed by atoms with Gasteiger partial charge in [-0.3, -0.25) is 0 Å². The van der Waals surface area contributed by atoms with Crippen LogP contribution in [-0.4, -0.2) is 32.0 Å². The van der Waals surface area contributed by atoms with E-state index in [0.717, 1.165) is 43.9 Å². The second-order valence-electron chi connectivity index (χ2n) is 5.29. The lowest BCUT2D eigenvalue weighted by atomic mass is 9.97. The summed E-state index contributed by atoms with van der Waals surface area (Å²) in [6.07, 6.45) is 2.91. The van der Waals surface area contributed by atoms with Crippen molar-refractivity contribution in [2.24, 2.45) is 5.92 Å². The van der Waals surface area contributed by atoms with E-state index in [2.05, 4.69) is 18.3 Å². The van der Waals surface area contributed by atoms with E-state index in [4.69, 9.17) is 14.6 Å². The van der Waals surface area contributed by atoms with Gasteiger partial charge in [-0.15, -0.1) is 0 Å². The van der Waals surface area contributed by atoms with Crippen LogP contribution < -0.4 is 14.8 Å². The molecule has 0 radical (unpaired) electrons. The molecule has 0 fully saturated rings. The Balaban J connectivity index is 2.03. The molecule has 0 spiro atoms. The first-order valence-corrected chi connectivity index (χ1v) is 7.43. The fourth-order valence-electron chi connectivity index (χ4n) is 2.65. The topological polar surface area (TPSA) is 50.7 Å². The van der Waals surface area contributed by atoms with Gasteiger partial charge in [-0.25, -0.2) is 0 Å². The molecule has 0 amide bonds. The number of hydrogen-bond donors (Lipinski definition) is 2. The molecule has 2 rings (SSSR count). The van der Waals surface area contributed by atoms with Crippen molar-refractivity contribution < 1.29 is 14.6 Å². The zero-order chi connectivity index (χ0) is 14.4. The van der Waals surface area contributed by atoms with E-state index in [1.807, 2.05) is 12.1 Å². The van der Waals surface area contributed by atoms with Crippen molar-refractivity contribution in [3.05, 3.63) is 23.8 Å². The van der Waals surface area contributed by atoms with E-state index in [9.17, 15) is 0 Å². The lowest BCUT2D eigenvalue weighted by Crippen LogP contribution is -2.31. The van der Waals surface area contributed by atoms with E-state index in [-0.39, 0.29) is 6.61 Å². The number of ether oxygens (including phenoxy) is 2. The zero-order valence-electron chi connectivity index (χ0n) is 12.4. The van der Waals surface area contributed by atoms with E-state index in [0.29, 0.717) is 12.0 Å². The van der Waals surface area contributed by atoms with Crippen LogP contribution in [0.4, 0.5) is 0 Å². The molecule has 20 heavy (non-hydrogen) atoms. The number of aliphatic hydroxyl groups excluding tert-OH is 1. The monoisotopic (exact) mass is 279 g/mol. The number of fused-ring (bicyclic) bond motifs is 1. The number of rotatable bonds is 7. The summed E-state index contributed by atoms with van der Waals surface area (Å²) in [4.78, 5) is 0. The Bertz CT molecular complexity index is 422. The van der Waals surface area contributed by atoms with Crippen molar-refractivity contribution >= 4 is 0 Å². The summed E-state index contributed by atoms with van der Waals surface area (Å²) in [6.45, 7) is 4.10. The van der Waals surface area contributed by atoms with Crippen molar-refractivity contribution in [3.8, 4) is 11.5 Å². The SMILES string of the molecule is CCC(CCO)CNC1CCOc2ccc(OC)cc21. The first kappa shape index (κ1) is 15.1. The van der Waals surface area contributed by atoms with Crippen molar-refractivity contribution in [2.45, 2.75) is 32.2 Å². The van der Waals surface area contributed by atoms with E-state index in [1.54, 1.807) is 7.11 Å². The van der Waals surface area contributed by atoms with Gasteiger partial charge in [-0.1, -0.05) is 13.3 Å². The summed E-state index contributed by atoms with van der Waals surface area (Å²) in [5, 5.41) is 12.7. The highest BCUT2D eigenvalue weighted by atomic mass is 16.5. The molecule has 112 valence electrons. The molecule has 2 atom stereocenters. The zero-order valence-corrected chi connectivity index (χ0v) is 12.4. The van der Waals surface area contributed by atoms with Gasteiger partial charge in [0.15, 0.2) is 0 Å². The summed E-state index contributed by atoms with van der Waals surface area (Å²) in [6, 6.07) is 6.27. The fraction of sp³-hybridized carbons (Fsp3) is 0.625. The Morgan fingerprint density at radius 3 is 3.05 bits per heavy atom. The summed E-state index contributed by atoms with van der Waals surface area (Å²) in [5.74, 6) is 2.34. The fourth-order valence-corrected chi connectivity index (χ4v) is 2.65. The summed E-state index contributed by atoms with van der Waals surface area (Å²) >= 11 is 0. The molecule has 1 aromatic carbocycles. The van der Waals surface area contributed by atoms with Crippen LogP contribution in [0, 0.1) is 5.92 Å². The maximum atomic E-state index is 9.07. The second kappa shape index (κ2) is 7.50. The number of hydrogen-bond acceptors (Lipinski definition) is 4. The molecule has 4 nitrogen and oxygen atoms in total. The molecule has 0 saturated carbocycles. The van der Waals surface area contributed by atoms with Gasteiger partial charge in [-0.05, 0) is 37.1 Å². The average Bonchev–Trinajstić information content (AvgIpc) is 2.50. The van der Waals surface area contributed by atoms with Gasteiger partial charge >= 0.3 is 0 Å². The predicted molar refractivity (Wildman–Crippen MR) is 79.3 cm³/mol. The minimum Gasteiger partial charge on any atom is -0.497 e.